The van der Waals surface area contributed by atoms with Crippen molar-refractivity contribution in [2.75, 3.05) is 13.2 Å². The van der Waals surface area contributed by atoms with E-state index in [-0.39, 0.29) is 0 Å². The van der Waals surface area contributed by atoms with E-state index in [1.165, 1.54) is 11.3 Å². The molecule has 2 heterocycles. The molecule has 1 fully saturated rings. The Labute approximate surface area is 107 Å². The van der Waals surface area contributed by atoms with Gasteiger partial charge in [-0.15, -0.1) is 0 Å². The first-order valence-electron chi connectivity index (χ1n) is 6.60. The number of aryl methyl sites for hydroxylation is 1. The van der Waals surface area contributed by atoms with Gasteiger partial charge in [-0.2, -0.15) is 0 Å². The van der Waals surface area contributed by atoms with Crippen LogP contribution in [0.25, 0.3) is 11.0 Å². The van der Waals surface area contributed by atoms with Crippen LogP contribution in [0.3, 0.4) is 0 Å². The summed E-state index contributed by atoms with van der Waals surface area (Å²) in [5.41, 5.74) is 9.08. The highest BCUT2D eigenvalue weighted by molar-refractivity contribution is 5.77. The molecule has 1 aliphatic rings. The predicted molar refractivity (Wildman–Crippen MR) is 71.5 cm³/mol. The number of benzene rings is 1. The van der Waals surface area contributed by atoms with Gasteiger partial charge >= 0.3 is 0 Å². The topological polar surface area (TPSA) is 53.1 Å². The molecule has 0 bridgehead atoms. The number of fused-ring (bicyclic) bond motifs is 1. The van der Waals surface area contributed by atoms with Crippen LogP contribution in [0.1, 0.15) is 30.7 Å². The monoisotopic (exact) mass is 245 g/mol. The zero-order chi connectivity index (χ0) is 12.5. The molecule has 1 atom stereocenters. The van der Waals surface area contributed by atoms with Gasteiger partial charge < -0.3 is 15.0 Å². The van der Waals surface area contributed by atoms with Gasteiger partial charge in [0.25, 0.3) is 0 Å². The number of aromatic nitrogens is 2. The van der Waals surface area contributed by atoms with Crippen molar-refractivity contribution in [3.8, 4) is 0 Å². The van der Waals surface area contributed by atoms with Crippen LogP contribution in [0.5, 0.6) is 0 Å². The summed E-state index contributed by atoms with van der Waals surface area (Å²) in [6.45, 7) is 5.33. The zero-order valence-electron chi connectivity index (χ0n) is 10.7. The molecular weight excluding hydrogens is 226 g/mol. The summed E-state index contributed by atoms with van der Waals surface area (Å²) in [5.74, 6) is 1.61. The van der Waals surface area contributed by atoms with Gasteiger partial charge in [0.15, 0.2) is 0 Å². The van der Waals surface area contributed by atoms with Crippen LogP contribution in [-0.2, 0) is 17.8 Å². The highest BCUT2D eigenvalue weighted by Gasteiger charge is 2.23. The third-order valence-electron chi connectivity index (χ3n) is 3.69. The van der Waals surface area contributed by atoms with Crippen LogP contribution in [0.15, 0.2) is 18.2 Å². The van der Waals surface area contributed by atoms with E-state index in [1.807, 2.05) is 0 Å². The standard InChI is InChI=1S/C14H19N3O/c1-2-17-13-4-3-10(8-15)7-12(13)16-14(17)11-5-6-18-9-11/h3-4,7,11H,2,5-6,8-9,15H2,1H3. The quantitative estimate of drug-likeness (QED) is 0.900. The Morgan fingerprint density at radius 2 is 2.39 bits per heavy atom. The van der Waals surface area contributed by atoms with Crippen molar-refractivity contribution in [1.29, 1.82) is 0 Å². The first-order chi connectivity index (χ1) is 8.83. The molecule has 0 aliphatic carbocycles. The lowest BCUT2D eigenvalue weighted by Crippen LogP contribution is -2.08. The molecule has 1 aromatic heterocycles. The third-order valence-corrected chi connectivity index (χ3v) is 3.69. The van der Waals surface area contributed by atoms with Gasteiger partial charge in [-0.3, -0.25) is 0 Å². The smallest absolute Gasteiger partial charge is 0.115 e. The van der Waals surface area contributed by atoms with Crippen LogP contribution in [0.4, 0.5) is 0 Å². The summed E-state index contributed by atoms with van der Waals surface area (Å²) in [5, 5.41) is 0. The SMILES string of the molecule is CCn1c(C2CCOC2)nc2cc(CN)ccc21. The zero-order valence-corrected chi connectivity index (χ0v) is 10.7. The van der Waals surface area contributed by atoms with E-state index < -0.39 is 0 Å². The third kappa shape index (κ3) is 1.82. The lowest BCUT2D eigenvalue weighted by atomic mass is 10.1. The number of ether oxygens (including phenoxy) is 1. The maximum atomic E-state index is 5.69. The molecular formula is C14H19N3O. The Kier molecular flexibility index (Phi) is 3.06. The molecule has 18 heavy (non-hydrogen) atoms. The predicted octanol–water partition coefficient (Wildman–Crippen LogP) is 2.02. The van der Waals surface area contributed by atoms with Gasteiger partial charge in [-0.05, 0) is 31.0 Å². The molecule has 2 N–H and O–H groups in total. The molecule has 1 unspecified atom stereocenters. The second-order valence-electron chi connectivity index (χ2n) is 4.80. The summed E-state index contributed by atoms with van der Waals surface area (Å²) in [4.78, 5) is 4.80. The van der Waals surface area contributed by atoms with Gasteiger partial charge in [-0.25, -0.2) is 4.98 Å². The number of nitrogens with zero attached hydrogens (tertiary/aromatic N) is 2. The number of hydrogen-bond donors (Lipinski definition) is 1. The van der Waals surface area contributed by atoms with Crippen molar-refractivity contribution in [3.63, 3.8) is 0 Å². The van der Waals surface area contributed by atoms with Crippen LogP contribution >= 0.6 is 0 Å². The summed E-state index contributed by atoms with van der Waals surface area (Å²) in [6.07, 6.45) is 1.08. The number of rotatable bonds is 3. The number of nitrogens with two attached hydrogens (primary N) is 1. The second kappa shape index (κ2) is 4.71. The van der Waals surface area contributed by atoms with Crippen molar-refractivity contribution in [1.82, 2.24) is 9.55 Å². The maximum absolute atomic E-state index is 5.69. The lowest BCUT2D eigenvalue weighted by molar-refractivity contribution is 0.193. The highest BCUT2D eigenvalue weighted by Crippen LogP contribution is 2.28. The molecule has 96 valence electrons. The fraction of sp³-hybridized carbons (Fsp3) is 0.500. The van der Waals surface area contributed by atoms with Crippen LogP contribution in [0.2, 0.25) is 0 Å². The van der Waals surface area contributed by atoms with Crippen molar-refractivity contribution in [2.45, 2.75) is 32.4 Å². The van der Waals surface area contributed by atoms with E-state index >= 15 is 0 Å². The maximum Gasteiger partial charge on any atom is 0.115 e. The van der Waals surface area contributed by atoms with Gasteiger partial charge in [0, 0.05) is 25.6 Å². The van der Waals surface area contributed by atoms with E-state index in [4.69, 9.17) is 15.5 Å². The van der Waals surface area contributed by atoms with E-state index in [0.29, 0.717) is 12.5 Å². The summed E-state index contributed by atoms with van der Waals surface area (Å²) in [6, 6.07) is 6.32. The van der Waals surface area contributed by atoms with Crippen molar-refractivity contribution in [2.24, 2.45) is 5.73 Å². The first-order valence-corrected chi connectivity index (χ1v) is 6.60. The van der Waals surface area contributed by atoms with Gasteiger partial charge in [-0.1, -0.05) is 6.07 Å². The fourth-order valence-corrected chi connectivity index (χ4v) is 2.70. The normalized spacial score (nSPS) is 19.8. The van der Waals surface area contributed by atoms with E-state index in [0.717, 1.165) is 37.3 Å². The molecule has 4 nitrogen and oxygen atoms in total. The Morgan fingerprint density at radius 3 is 3.06 bits per heavy atom. The summed E-state index contributed by atoms with van der Waals surface area (Å²) < 4.78 is 7.78. The van der Waals surface area contributed by atoms with Gasteiger partial charge in [0.1, 0.15) is 5.82 Å². The average Bonchev–Trinajstić information content (AvgIpc) is 3.04. The van der Waals surface area contributed by atoms with Crippen LogP contribution in [0, 0.1) is 0 Å². The summed E-state index contributed by atoms with van der Waals surface area (Å²) in [7, 11) is 0. The Hall–Kier alpha value is -1.39. The largest absolute Gasteiger partial charge is 0.381 e. The van der Waals surface area contributed by atoms with E-state index in [9.17, 15) is 0 Å². The van der Waals surface area contributed by atoms with E-state index in [1.54, 1.807) is 0 Å². The van der Waals surface area contributed by atoms with E-state index in [2.05, 4.69) is 29.7 Å². The first kappa shape index (κ1) is 11.7. The number of imidazole rings is 1. The van der Waals surface area contributed by atoms with Crippen LogP contribution < -0.4 is 5.73 Å². The molecule has 1 aromatic carbocycles. The molecule has 1 aliphatic heterocycles. The Morgan fingerprint density at radius 1 is 1.50 bits per heavy atom. The molecule has 0 spiro atoms. The second-order valence-corrected chi connectivity index (χ2v) is 4.80. The fourth-order valence-electron chi connectivity index (χ4n) is 2.70. The highest BCUT2D eigenvalue weighted by atomic mass is 16.5. The molecule has 1 saturated heterocycles. The van der Waals surface area contributed by atoms with Crippen molar-refractivity contribution >= 4 is 11.0 Å². The summed E-state index contributed by atoms with van der Waals surface area (Å²) >= 11 is 0. The Balaban J connectivity index is 2.12. The molecule has 0 radical (unpaired) electrons. The van der Waals surface area contributed by atoms with Crippen molar-refractivity contribution < 1.29 is 4.74 Å². The molecule has 2 aromatic rings. The lowest BCUT2D eigenvalue weighted by Gasteiger charge is -2.10. The number of hydrogen-bond acceptors (Lipinski definition) is 3. The average molecular weight is 245 g/mol. The van der Waals surface area contributed by atoms with Crippen LogP contribution in [-0.4, -0.2) is 22.8 Å². The minimum absolute atomic E-state index is 0.443. The van der Waals surface area contributed by atoms with Gasteiger partial charge in [0.05, 0.1) is 17.6 Å². The minimum Gasteiger partial charge on any atom is -0.381 e. The molecule has 3 rings (SSSR count). The minimum atomic E-state index is 0.443. The van der Waals surface area contributed by atoms with Crippen molar-refractivity contribution in [3.05, 3.63) is 29.6 Å². The molecule has 0 amide bonds. The van der Waals surface area contributed by atoms with Gasteiger partial charge in [0.2, 0.25) is 0 Å². The molecule has 4 heteroatoms. The molecule has 0 saturated carbocycles. The Bertz CT molecular complexity index is 555.